The lowest BCUT2D eigenvalue weighted by molar-refractivity contribution is 0.102. The minimum Gasteiger partial charge on any atom is -0.365 e. The minimum absolute atomic E-state index is 0.273. The van der Waals surface area contributed by atoms with Crippen LogP contribution >= 0.6 is 0 Å². The highest BCUT2D eigenvalue weighted by Crippen LogP contribution is 2.18. The standard InChI is InChI=1S/C19H19N5O/c1-13-4-3-5-16(14(13)2)24-19(25)17-11-23-18(12-21-17)22-10-15-6-8-20-9-7-15/h3-9,11-12H,10H2,1-2H3,(H,22,23)(H,24,25). The van der Waals surface area contributed by atoms with E-state index in [2.05, 4.69) is 25.6 Å². The van der Waals surface area contributed by atoms with Crippen molar-refractivity contribution in [1.82, 2.24) is 15.0 Å². The fourth-order valence-corrected chi connectivity index (χ4v) is 2.30. The molecule has 1 amide bonds. The summed E-state index contributed by atoms with van der Waals surface area (Å²) in [5.41, 5.74) is 4.31. The van der Waals surface area contributed by atoms with Crippen LogP contribution in [-0.2, 0) is 6.54 Å². The van der Waals surface area contributed by atoms with Crippen LogP contribution in [0.25, 0.3) is 0 Å². The normalized spacial score (nSPS) is 10.3. The third-order valence-electron chi connectivity index (χ3n) is 3.96. The first-order chi connectivity index (χ1) is 12.1. The molecule has 0 atom stereocenters. The molecule has 25 heavy (non-hydrogen) atoms. The molecular weight excluding hydrogens is 314 g/mol. The van der Waals surface area contributed by atoms with Crippen LogP contribution in [0.15, 0.2) is 55.1 Å². The first-order valence-electron chi connectivity index (χ1n) is 7.96. The summed E-state index contributed by atoms with van der Waals surface area (Å²) < 4.78 is 0. The molecule has 126 valence electrons. The van der Waals surface area contributed by atoms with Crippen molar-refractivity contribution in [2.45, 2.75) is 20.4 Å². The molecule has 0 unspecified atom stereocenters. The number of aryl methyl sites for hydroxylation is 1. The predicted molar refractivity (Wildman–Crippen MR) is 97.5 cm³/mol. The largest absolute Gasteiger partial charge is 0.365 e. The number of carbonyl (C=O) groups is 1. The maximum atomic E-state index is 12.3. The highest BCUT2D eigenvalue weighted by Gasteiger charge is 2.10. The molecule has 0 spiro atoms. The molecule has 6 heteroatoms. The topological polar surface area (TPSA) is 79.8 Å². The number of hydrogen-bond acceptors (Lipinski definition) is 5. The fraction of sp³-hybridized carbons (Fsp3) is 0.158. The number of rotatable bonds is 5. The van der Waals surface area contributed by atoms with E-state index in [1.54, 1.807) is 18.6 Å². The van der Waals surface area contributed by atoms with Gasteiger partial charge in [-0.3, -0.25) is 9.78 Å². The van der Waals surface area contributed by atoms with Crippen molar-refractivity contribution < 1.29 is 4.79 Å². The van der Waals surface area contributed by atoms with E-state index in [1.807, 2.05) is 44.2 Å². The number of pyridine rings is 1. The van der Waals surface area contributed by atoms with Crippen molar-refractivity contribution in [3.63, 3.8) is 0 Å². The summed E-state index contributed by atoms with van der Waals surface area (Å²) in [6, 6.07) is 9.64. The molecule has 2 aromatic heterocycles. The molecule has 0 radical (unpaired) electrons. The van der Waals surface area contributed by atoms with E-state index in [1.165, 1.54) is 6.20 Å². The molecule has 0 bridgehead atoms. The SMILES string of the molecule is Cc1cccc(NC(=O)c2cnc(NCc3ccncc3)cn2)c1C. The van der Waals surface area contributed by atoms with Gasteiger partial charge < -0.3 is 10.6 Å². The molecule has 2 N–H and O–H groups in total. The van der Waals surface area contributed by atoms with E-state index in [9.17, 15) is 4.79 Å². The van der Waals surface area contributed by atoms with Crippen LogP contribution in [0.5, 0.6) is 0 Å². The number of aromatic nitrogens is 3. The smallest absolute Gasteiger partial charge is 0.275 e. The van der Waals surface area contributed by atoms with Crippen LogP contribution in [-0.4, -0.2) is 20.9 Å². The minimum atomic E-state index is -0.276. The van der Waals surface area contributed by atoms with Gasteiger partial charge in [-0.15, -0.1) is 0 Å². The van der Waals surface area contributed by atoms with Crippen LogP contribution < -0.4 is 10.6 Å². The summed E-state index contributed by atoms with van der Waals surface area (Å²) in [4.78, 5) is 24.7. The Balaban J connectivity index is 1.63. The van der Waals surface area contributed by atoms with Gasteiger partial charge in [0.05, 0.1) is 12.4 Å². The Hall–Kier alpha value is -3.28. The first kappa shape index (κ1) is 16.6. The molecule has 0 aliphatic rings. The number of amides is 1. The fourth-order valence-electron chi connectivity index (χ4n) is 2.30. The molecule has 0 fully saturated rings. The number of nitrogens with zero attached hydrogens (tertiary/aromatic N) is 3. The summed E-state index contributed by atoms with van der Waals surface area (Å²) in [6.45, 7) is 4.60. The second-order valence-corrected chi connectivity index (χ2v) is 5.70. The van der Waals surface area contributed by atoms with E-state index in [0.717, 1.165) is 22.4 Å². The molecule has 6 nitrogen and oxygen atoms in total. The summed E-state index contributed by atoms with van der Waals surface area (Å²) in [7, 11) is 0. The monoisotopic (exact) mass is 333 g/mol. The third-order valence-corrected chi connectivity index (χ3v) is 3.96. The van der Waals surface area contributed by atoms with E-state index < -0.39 is 0 Å². The van der Waals surface area contributed by atoms with E-state index in [-0.39, 0.29) is 11.6 Å². The van der Waals surface area contributed by atoms with Crippen LogP contribution in [0.1, 0.15) is 27.2 Å². The number of carbonyl (C=O) groups excluding carboxylic acids is 1. The maximum Gasteiger partial charge on any atom is 0.275 e. The average molecular weight is 333 g/mol. The van der Waals surface area contributed by atoms with Crippen molar-refractivity contribution in [3.8, 4) is 0 Å². The second kappa shape index (κ2) is 7.53. The summed E-state index contributed by atoms with van der Waals surface area (Å²) in [5, 5.41) is 6.04. The van der Waals surface area contributed by atoms with Crippen LogP contribution in [0.2, 0.25) is 0 Å². The molecule has 2 heterocycles. The zero-order valence-electron chi connectivity index (χ0n) is 14.2. The summed E-state index contributed by atoms with van der Waals surface area (Å²) in [5.74, 6) is 0.335. The van der Waals surface area contributed by atoms with E-state index in [4.69, 9.17) is 0 Å². The average Bonchev–Trinajstić information content (AvgIpc) is 2.65. The highest BCUT2D eigenvalue weighted by molar-refractivity contribution is 6.03. The van der Waals surface area contributed by atoms with E-state index in [0.29, 0.717) is 12.4 Å². The van der Waals surface area contributed by atoms with Crippen LogP contribution in [0.3, 0.4) is 0 Å². The Bertz CT molecular complexity index is 863. The first-order valence-corrected chi connectivity index (χ1v) is 7.96. The van der Waals surface area contributed by atoms with Gasteiger partial charge in [-0.25, -0.2) is 9.97 Å². The Morgan fingerprint density at radius 1 is 1.04 bits per heavy atom. The number of anilines is 2. The van der Waals surface area contributed by atoms with Gasteiger partial charge in [0.25, 0.3) is 5.91 Å². The Kier molecular flexibility index (Phi) is 4.99. The second-order valence-electron chi connectivity index (χ2n) is 5.70. The molecule has 0 aliphatic heterocycles. The zero-order chi connectivity index (χ0) is 17.6. The molecular formula is C19H19N5O. The van der Waals surface area contributed by atoms with Crippen molar-refractivity contribution >= 4 is 17.4 Å². The van der Waals surface area contributed by atoms with Gasteiger partial charge in [-0.05, 0) is 48.7 Å². The lowest BCUT2D eigenvalue weighted by atomic mass is 10.1. The Labute approximate surface area is 146 Å². The van der Waals surface area contributed by atoms with Crippen LogP contribution in [0, 0.1) is 13.8 Å². The zero-order valence-corrected chi connectivity index (χ0v) is 14.2. The van der Waals surface area contributed by atoms with Gasteiger partial charge in [0, 0.05) is 24.6 Å². The lowest BCUT2D eigenvalue weighted by Crippen LogP contribution is -2.15. The van der Waals surface area contributed by atoms with Gasteiger partial charge in [0.1, 0.15) is 11.5 Å². The molecule has 1 aromatic carbocycles. The Morgan fingerprint density at radius 3 is 2.56 bits per heavy atom. The van der Waals surface area contributed by atoms with Crippen molar-refractivity contribution in [3.05, 3.63) is 77.5 Å². The summed E-state index contributed by atoms with van der Waals surface area (Å²) >= 11 is 0. The maximum absolute atomic E-state index is 12.3. The Morgan fingerprint density at radius 2 is 1.84 bits per heavy atom. The number of nitrogens with one attached hydrogen (secondary N) is 2. The van der Waals surface area contributed by atoms with Gasteiger partial charge in [0.2, 0.25) is 0 Å². The third kappa shape index (κ3) is 4.17. The van der Waals surface area contributed by atoms with Crippen molar-refractivity contribution in [1.29, 1.82) is 0 Å². The summed E-state index contributed by atoms with van der Waals surface area (Å²) in [6.07, 6.45) is 6.50. The molecule has 3 aromatic rings. The van der Waals surface area contributed by atoms with Gasteiger partial charge >= 0.3 is 0 Å². The van der Waals surface area contributed by atoms with E-state index >= 15 is 0 Å². The number of hydrogen-bond donors (Lipinski definition) is 2. The molecule has 0 saturated carbocycles. The number of benzene rings is 1. The van der Waals surface area contributed by atoms with Crippen LogP contribution in [0.4, 0.5) is 11.5 Å². The molecule has 0 saturated heterocycles. The predicted octanol–water partition coefficient (Wildman–Crippen LogP) is 3.35. The lowest BCUT2D eigenvalue weighted by Gasteiger charge is -2.10. The highest BCUT2D eigenvalue weighted by atomic mass is 16.1. The van der Waals surface area contributed by atoms with Gasteiger partial charge in [-0.1, -0.05) is 12.1 Å². The molecule has 3 rings (SSSR count). The van der Waals surface area contributed by atoms with Crippen molar-refractivity contribution in [2.75, 3.05) is 10.6 Å². The quantitative estimate of drug-likeness (QED) is 0.748. The van der Waals surface area contributed by atoms with Gasteiger partial charge in [0.15, 0.2) is 0 Å². The molecule has 0 aliphatic carbocycles. The van der Waals surface area contributed by atoms with Crippen molar-refractivity contribution in [2.24, 2.45) is 0 Å². The van der Waals surface area contributed by atoms with Gasteiger partial charge in [-0.2, -0.15) is 0 Å².